The van der Waals surface area contributed by atoms with Crippen LogP contribution in [-0.4, -0.2) is 40.0 Å². The monoisotopic (exact) mass is 307 g/mol. The summed E-state index contributed by atoms with van der Waals surface area (Å²) in [5, 5.41) is 1.96. The predicted molar refractivity (Wildman–Crippen MR) is 76.0 cm³/mol. The highest BCUT2D eigenvalue weighted by Gasteiger charge is 2.29. The Morgan fingerprint density at radius 1 is 1.48 bits per heavy atom. The van der Waals surface area contributed by atoms with Gasteiger partial charge in [-0.05, 0) is 23.9 Å². The molecule has 3 rings (SSSR count). The lowest BCUT2D eigenvalue weighted by Crippen LogP contribution is -2.30. The van der Waals surface area contributed by atoms with Gasteiger partial charge in [0, 0.05) is 13.0 Å². The average Bonchev–Trinajstić information content (AvgIpc) is 3.10. The van der Waals surface area contributed by atoms with Crippen molar-refractivity contribution in [1.82, 2.24) is 14.9 Å². The second kappa shape index (κ2) is 5.77. The van der Waals surface area contributed by atoms with Gasteiger partial charge in [-0.15, -0.1) is 11.3 Å². The highest BCUT2D eigenvalue weighted by molar-refractivity contribution is 7.12. The fourth-order valence-corrected chi connectivity index (χ4v) is 3.08. The average molecular weight is 307 g/mol. The molecule has 0 radical (unpaired) electrons. The van der Waals surface area contributed by atoms with Crippen LogP contribution in [0.1, 0.15) is 21.7 Å². The van der Waals surface area contributed by atoms with Crippen LogP contribution in [0.25, 0.3) is 0 Å². The number of carbonyl (C=O) groups excluding carboxylic acids is 1. The largest absolute Gasteiger partial charge is 0.458 e. The van der Waals surface area contributed by atoms with Gasteiger partial charge in [-0.2, -0.15) is 0 Å². The topological polar surface area (TPSA) is 55.3 Å². The maximum atomic E-state index is 12.7. The molecule has 5 nitrogen and oxygen atoms in total. The highest BCUT2D eigenvalue weighted by atomic mass is 32.1. The Labute approximate surface area is 125 Å². The lowest BCUT2D eigenvalue weighted by atomic mass is 10.3. The number of halogens is 1. The zero-order valence-electron chi connectivity index (χ0n) is 11.5. The minimum absolute atomic E-state index is 0.0271. The summed E-state index contributed by atoms with van der Waals surface area (Å²) in [6.45, 7) is 3.10. The molecule has 1 amide bonds. The van der Waals surface area contributed by atoms with Crippen LogP contribution in [-0.2, 0) is 0 Å². The molecule has 110 valence electrons. The third-order valence-electron chi connectivity index (χ3n) is 3.24. The summed E-state index contributed by atoms with van der Waals surface area (Å²) >= 11 is 1.45. The molecule has 1 fully saturated rings. The van der Waals surface area contributed by atoms with E-state index in [1.54, 1.807) is 4.90 Å². The smallest absolute Gasteiger partial charge is 0.316 e. The number of ether oxygens (including phenoxy) is 1. The zero-order valence-corrected chi connectivity index (χ0v) is 12.3. The Balaban J connectivity index is 1.60. The molecule has 2 aromatic rings. The van der Waals surface area contributed by atoms with E-state index in [2.05, 4.69) is 9.97 Å². The molecule has 2 aromatic heterocycles. The molecule has 0 aliphatic carbocycles. The standard InChI is InChI=1S/C14H14FN3O2S/c1-9-4-12(21-8-9)13(19)18-3-2-11(7-18)20-14-16-5-10(15)6-17-14/h4-6,8,11H,2-3,7H2,1H3/t11-/m0/s1. The van der Waals surface area contributed by atoms with E-state index in [9.17, 15) is 9.18 Å². The van der Waals surface area contributed by atoms with Gasteiger partial charge < -0.3 is 9.64 Å². The van der Waals surface area contributed by atoms with E-state index in [1.807, 2.05) is 18.4 Å². The molecule has 0 unspecified atom stereocenters. The Morgan fingerprint density at radius 2 is 2.24 bits per heavy atom. The van der Waals surface area contributed by atoms with E-state index in [4.69, 9.17) is 4.74 Å². The molecule has 0 spiro atoms. The number of carbonyl (C=O) groups is 1. The molecule has 7 heteroatoms. The van der Waals surface area contributed by atoms with Crippen LogP contribution in [0.15, 0.2) is 23.8 Å². The molecular weight excluding hydrogens is 293 g/mol. The molecule has 0 aromatic carbocycles. The van der Waals surface area contributed by atoms with E-state index < -0.39 is 5.82 Å². The number of amides is 1. The SMILES string of the molecule is Cc1csc(C(=O)N2CC[C@H](Oc3ncc(F)cn3)C2)c1. The number of rotatable bonds is 3. The molecule has 0 saturated carbocycles. The van der Waals surface area contributed by atoms with Crippen molar-refractivity contribution < 1.29 is 13.9 Å². The van der Waals surface area contributed by atoms with Crippen LogP contribution in [0.2, 0.25) is 0 Å². The fourth-order valence-electron chi connectivity index (χ4n) is 2.22. The highest BCUT2D eigenvalue weighted by Crippen LogP contribution is 2.21. The Morgan fingerprint density at radius 3 is 2.90 bits per heavy atom. The number of hydrogen-bond donors (Lipinski definition) is 0. The summed E-state index contributed by atoms with van der Waals surface area (Å²) in [4.78, 5) is 22.3. The van der Waals surface area contributed by atoms with Crippen molar-refractivity contribution >= 4 is 17.2 Å². The first kappa shape index (κ1) is 13.9. The minimum atomic E-state index is -0.501. The maximum Gasteiger partial charge on any atom is 0.316 e. The van der Waals surface area contributed by atoms with Gasteiger partial charge in [-0.3, -0.25) is 4.79 Å². The first-order chi connectivity index (χ1) is 10.1. The molecule has 1 aliphatic heterocycles. The van der Waals surface area contributed by atoms with Gasteiger partial charge in [0.2, 0.25) is 0 Å². The van der Waals surface area contributed by atoms with E-state index in [-0.39, 0.29) is 18.0 Å². The van der Waals surface area contributed by atoms with E-state index >= 15 is 0 Å². The van der Waals surface area contributed by atoms with Gasteiger partial charge in [-0.1, -0.05) is 0 Å². The fraction of sp³-hybridized carbons (Fsp3) is 0.357. The number of likely N-dealkylation sites (tertiary alicyclic amines) is 1. The van der Waals surface area contributed by atoms with Crippen molar-refractivity contribution in [2.24, 2.45) is 0 Å². The summed E-state index contributed by atoms with van der Waals surface area (Å²) in [5.41, 5.74) is 1.09. The number of aromatic nitrogens is 2. The van der Waals surface area contributed by atoms with Crippen molar-refractivity contribution in [2.75, 3.05) is 13.1 Å². The normalized spacial score (nSPS) is 18.0. The third-order valence-corrected chi connectivity index (χ3v) is 4.28. The quantitative estimate of drug-likeness (QED) is 0.873. The number of thiophene rings is 1. The van der Waals surface area contributed by atoms with Gasteiger partial charge >= 0.3 is 6.01 Å². The molecular formula is C14H14FN3O2S. The van der Waals surface area contributed by atoms with Crippen LogP contribution >= 0.6 is 11.3 Å². The summed E-state index contributed by atoms with van der Waals surface area (Å²) in [6, 6.07) is 2.03. The van der Waals surface area contributed by atoms with Crippen LogP contribution in [0.3, 0.4) is 0 Å². The van der Waals surface area contributed by atoms with Crippen molar-refractivity contribution in [2.45, 2.75) is 19.4 Å². The van der Waals surface area contributed by atoms with Crippen LogP contribution in [0, 0.1) is 12.7 Å². The van der Waals surface area contributed by atoms with E-state index in [1.165, 1.54) is 11.3 Å². The van der Waals surface area contributed by atoms with Crippen molar-refractivity contribution in [1.29, 1.82) is 0 Å². The Hall–Kier alpha value is -2.02. The molecule has 1 atom stereocenters. The maximum absolute atomic E-state index is 12.7. The lowest BCUT2D eigenvalue weighted by molar-refractivity contribution is 0.0774. The van der Waals surface area contributed by atoms with E-state index in [0.717, 1.165) is 29.3 Å². The molecule has 21 heavy (non-hydrogen) atoms. The summed E-state index contributed by atoms with van der Waals surface area (Å²) in [7, 11) is 0. The van der Waals surface area contributed by atoms with E-state index in [0.29, 0.717) is 13.1 Å². The van der Waals surface area contributed by atoms with Crippen molar-refractivity contribution in [3.8, 4) is 6.01 Å². The molecule has 0 N–H and O–H groups in total. The number of aryl methyl sites for hydroxylation is 1. The minimum Gasteiger partial charge on any atom is -0.458 e. The van der Waals surface area contributed by atoms with Gasteiger partial charge in [0.05, 0.1) is 23.8 Å². The summed E-state index contributed by atoms with van der Waals surface area (Å²) in [6.07, 6.45) is 2.69. The molecule has 1 aliphatic rings. The van der Waals surface area contributed by atoms with Crippen molar-refractivity contribution in [3.05, 3.63) is 40.1 Å². The first-order valence-electron chi connectivity index (χ1n) is 6.60. The second-order valence-electron chi connectivity index (χ2n) is 4.95. The Bertz CT molecular complexity index is 644. The Kier molecular flexibility index (Phi) is 3.83. The van der Waals surface area contributed by atoms with Gasteiger partial charge in [0.25, 0.3) is 5.91 Å². The van der Waals surface area contributed by atoms with Gasteiger partial charge in [-0.25, -0.2) is 14.4 Å². The predicted octanol–water partition coefficient (Wildman–Crippen LogP) is 2.28. The van der Waals surface area contributed by atoms with Crippen LogP contribution < -0.4 is 4.74 Å². The summed E-state index contributed by atoms with van der Waals surface area (Å²) < 4.78 is 18.3. The summed E-state index contributed by atoms with van der Waals surface area (Å²) in [5.74, 6) is -0.474. The zero-order chi connectivity index (χ0) is 14.8. The number of nitrogens with zero attached hydrogens (tertiary/aromatic N) is 3. The molecule has 1 saturated heterocycles. The number of hydrogen-bond acceptors (Lipinski definition) is 5. The molecule has 3 heterocycles. The third kappa shape index (κ3) is 3.18. The second-order valence-corrected chi connectivity index (χ2v) is 5.86. The van der Waals surface area contributed by atoms with Gasteiger partial charge in [0.1, 0.15) is 6.10 Å². The first-order valence-corrected chi connectivity index (χ1v) is 7.48. The van der Waals surface area contributed by atoms with Crippen molar-refractivity contribution in [3.63, 3.8) is 0 Å². The lowest BCUT2D eigenvalue weighted by Gasteiger charge is -2.15. The van der Waals surface area contributed by atoms with Crippen LogP contribution in [0.5, 0.6) is 6.01 Å². The van der Waals surface area contributed by atoms with Crippen LogP contribution in [0.4, 0.5) is 4.39 Å². The van der Waals surface area contributed by atoms with Gasteiger partial charge in [0.15, 0.2) is 5.82 Å². The molecule has 0 bridgehead atoms.